The molecule has 0 unspecified atom stereocenters. The smallest absolute Gasteiger partial charge is 0.168 e. The fourth-order valence-corrected chi connectivity index (χ4v) is 1.24. The van der Waals surface area contributed by atoms with Crippen LogP contribution in [-0.4, -0.2) is 16.3 Å². The molecule has 1 rings (SSSR count). The number of rotatable bonds is 3. The molecule has 0 radical (unpaired) electrons. The van der Waals surface area contributed by atoms with E-state index in [1.54, 1.807) is 13.0 Å². The van der Waals surface area contributed by atoms with Gasteiger partial charge in [-0.3, -0.25) is 4.79 Å². The van der Waals surface area contributed by atoms with Crippen molar-refractivity contribution in [3.05, 3.63) is 23.3 Å². The maximum Gasteiger partial charge on any atom is 0.168 e. The van der Waals surface area contributed by atoms with Gasteiger partial charge in [-0.25, -0.2) is 9.97 Å². The lowest BCUT2D eigenvalue weighted by Gasteiger charge is -2.04. The molecule has 0 amide bonds. The minimum absolute atomic E-state index is 0.475. The number of hydrogen-bond acceptors (Lipinski definition) is 3. The van der Waals surface area contributed by atoms with Gasteiger partial charge in [-0.1, -0.05) is 13.8 Å². The van der Waals surface area contributed by atoms with Gasteiger partial charge in [-0.05, 0) is 25.3 Å². The van der Waals surface area contributed by atoms with Crippen molar-refractivity contribution in [2.24, 2.45) is 5.92 Å². The number of aromatic nitrogens is 2. The van der Waals surface area contributed by atoms with Crippen LogP contribution in [0.15, 0.2) is 6.07 Å². The van der Waals surface area contributed by atoms with E-state index in [9.17, 15) is 4.79 Å². The fourth-order valence-electron chi connectivity index (χ4n) is 1.24. The SMILES string of the molecule is Cc1nc(C=O)cc(CC(C)C)n1. The van der Waals surface area contributed by atoms with Crippen LogP contribution in [0.3, 0.4) is 0 Å². The van der Waals surface area contributed by atoms with Crippen molar-refractivity contribution < 1.29 is 4.79 Å². The van der Waals surface area contributed by atoms with Crippen LogP contribution in [0.4, 0.5) is 0 Å². The Balaban J connectivity index is 2.94. The van der Waals surface area contributed by atoms with Crippen molar-refractivity contribution in [2.45, 2.75) is 27.2 Å². The van der Waals surface area contributed by atoms with E-state index in [-0.39, 0.29) is 0 Å². The topological polar surface area (TPSA) is 42.9 Å². The Morgan fingerprint density at radius 2 is 2.15 bits per heavy atom. The molecule has 1 heterocycles. The van der Waals surface area contributed by atoms with Gasteiger partial charge in [-0.2, -0.15) is 0 Å². The highest BCUT2D eigenvalue weighted by atomic mass is 16.1. The Bertz CT molecular complexity index is 308. The van der Waals surface area contributed by atoms with E-state index in [1.807, 2.05) is 0 Å². The van der Waals surface area contributed by atoms with Crippen LogP contribution in [-0.2, 0) is 6.42 Å². The zero-order chi connectivity index (χ0) is 9.84. The number of carbonyl (C=O) groups excluding carboxylic acids is 1. The molecule has 0 aliphatic heterocycles. The predicted molar refractivity (Wildman–Crippen MR) is 50.7 cm³/mol. The fraction of sp³-hybridized carbons (Fsp3) is 0.500. The van der Waals surface area contributed by atoms with Crippen LogP contribution >= 0.6 is 0 Å². The molecule has 3 nitrogen and oxygen atoms in total. The highest BCUT2D eigenvalue weighted by Gasteiger charge is 2.02. The lowest BCUT2D eigenvalue weighted by Crippen LogP contribution is -2.02. The molecule has 1 aromatic rings. The molecule has 0 fully saturated rings. The average molecular weight is 178 g/mol. The van der Waals surface area contributed by atoms with Crippen molar-refractivity contribution in [3.63, 3.8) is 0 Å². The molecule has 13 heavy (non-hydrogen) atoms. The highest BCUT2D eigenvalue weighted by molar-refractivity contribution is 5.71. The van der Waals surface area contributed by atoms with Crippen LogP contribution in [0.5, 0.6) is 0 Å². The third-order valence-electron chi connectivity index (χ3n) is 1.65. The van der Waals surface area contributed by atoms with Crippen LogP contribution in [0.1, 0.15) is 35.9 Å². The van der Waals surface area contributed by atoms with E-state index in [0.29, 0.717) is 17.4 Å². The molecule has 0 atom stereocenters. The van der Waals surface area contributed by atoms with E-state index < -0.39 is 0 Å². The van der Waals surface area contributed by atoms with Gasteiger partial charge in [0, 0.05) is 5.69 Å². The van der Waals surface area contributed by atoms with Crippen molar-refractivity contribution >= 4 is 6.29 Å². The number of nitrogens with zero attached hydrogens (tertiary/aromatic N) is 2. The van der Waals surface area contributed by atoms with E-state index in [0.717, 1.165) is 18.4 Å². The first-order chi connectivity index (χ1) is 6.11. The maximum absolute atomic E-state index is 10.5. The van der Waals surface area contributed by atoms with Crippen LogP contribution < -0.4 is 0 Å². The first-order valence-electron chi connectivity index (χ1n) is 4.41. The Morgan fingerprint density at radius 3 is 2.69 bits per heavy atom. The molecule has 0 spiro atoms. The van der Waals surface area contributed by atoms with E-state index in [1.165, 1.54) is 0 Å². The van der Waals surface area contributed by atoms with Crippen molar-refractivity contribution in [1.29, 1.82) is 0 Å². The highest BCUT2D eigenvalue weighted by Crippen LogP contribution is 2.06. The molecule has 0 aromatic carbocycles. The van der Waals surface area contributed by atoms with Crippen LogP contribution in [0, 0.1) is 12.8 Å². The van der Waals surface area contributed by atoms with Gasteiger partial charge in [0.2, 0.25) is 0 Å². The lowest BCUT2D eigenvalue weighted by molar-refractivity contribution is 0.111. The van der Waals surface area contributed by atoms with Crippen LogP contribution in [0.25, 0.3) is 0 Å². The first-order valence-corrected chi connectivity index (χ1v) is 4.41. The standard InChI is InChI=1S/C10H14N2O/c1-7(2)4-9-5-10(6-13)12-8(3)11-9/h5-7H,4H2,1-3H3. The van der Waals surface area contributed by atoms with E-state index >= 15 is 0 Å². The lowest BCUT2D eigenvalue weighted by atomic mass is 10.1. The van der Waals surface area contributed by atoms with Gasteiger partial charge in [0.15, 0.2) is 6.29 Å². The Kier molecular flexibility index (Phi) is 3.12. The molecule has 0 N–H and O–H groups in total. The summed E-state index contributed by atoms with van der Waals surface area (Å²) in [6, 6.07) is 1.75. The van der Waals surface area contributed by atoms with Gasteiger partial charge in [0.25, 0.3) is 0 Å². The molecular weight excluding hydrogens is 164 g/mol. The molecule has 0 saturated carbocycles. The molecular formula is C10H14N2O. The summed E-state index contributed by atoms with van der Waals surface area (Å²) in [6.45, 7) is 6.05. The van der Waals surface area contributed by atoms with Gasteiger partial charge < -0.3 is 0 Å². The van der Waals surface area contributed by atoms with Gasteiger partial charge >= 0.3 is 0 Å². The zero-order valence-electron chi connectivity index (χ0n) is 8.24. The second-order valence-corrected chi connectivity index (χ2v) is 3.55. The number of hydrogen-bond donors (Lipinski definition) is 0. The summed E-state index contributed by atoms with van der Waals surface area (Å²) in [5.74, 6) is 1.22. The Labute approximate surface area is 78.2 Å². The summed E-state index contributed by atoms with van der Waals surface area (Å²) in [6.07, 6.45) is 1.66. The molecule has 0 bridgehead atoms. The quantitative estimate of drug-likeness (QED) is 0.663. The van der Waals surface area contributed by atoms with Crippen molar-refractivity contribution in [1.82, 2.24) is 9.97 Å². The normalized spacial score (nSPS) is 10.5. The summed E-state index contributed by atoms with van der Waals surface area (Å²) in [5.41, 5.74) is 1.42. The Hall–Kier alpha value is -1.25. The first kappa shape index (κ1) is 9.84. The third-order valence-corrected chi connectivity index (χ3v) is 1.65. The minimum atomic E-state index is 0.475. The molecule has 3 heteroatoms. The number of aldehydes is 1. The zero-order valence-corrected chi connectivity index (χ0v) is 8.24. The largest absolute Gasteiger partial charge is 0.296 e. The maximum atomic E-state index is 10.5. The van der Waals surface area contributed by atoms with Gasteiger partial charge in [-0.15, -0.1) is 0 Å². The summed E-state index contributed by atoms with van der Waals surface area (Å²) >= 11 is 0. The Morgan fingerprint density at radius 1 is 1.46 bits per heavy atom. The van der Waals surface area contributed by atoms with Crippen LogP contribution in [0.2, 0.25) is 0 Å². The van der Waals surface area contributed by atoms with Crippen molar-refractivity contribution in [3.8, 4) is 0 Å². The van der Waals surface area contributed by atoms with E-state index in [2.05, 4.69) is 23.8 Å². The average Bonchev–Trinajstić information content (AvgIpc) is 2.01. The minimum Gasteiger partial charge on any atom is -0.296 e. The second kappa shape index (κ2) is 4.12. The summed E-state index contributed by atoms with van der Waals surface area (Å²) in [7, 11) is 0. The number of carbonyl (C=O) groups is 1. The molecule has 0 aliphatic carbocycles. The monoisotopic (exact) mass is 178 g/mol. The van der Waals surface area contributed by atoms with Gasteiger partial charge in [0.1, 0.15) is 11.5 Å². The molecule has 0 aliphatic rings. The molecule has 1 aromatic heterocycles. The van der Waals surface area contributed by atoms with Gasteiger partial charge in [0.05, 0.1) is 0 Å². The second-order valence-electron chi connectivity index (χ2n) is 3.55. The third kappa shape index (κ3) is 2.93. The van der Waals surface area contributed by atoms with E-state index in [4.69, 9.17) is 0 Å². The molecule has 70 valence electrons. The predicted octanol–water partition coefficient (Wildman–Crippen LogP) is 1.80. The number of aryl methyl sites for hydroxylation is 1. The summed E-state index contributed by atoms with van der Waals surface area (Å²) < 4.78 is 0. The summed E-state index contributed by atoms with van der Waals surface area (Å²) in [4.78, 5) is 18.7. The summed E-state index contributed by atoms with van der Waals surface area (Å²) in [5, 5.41) is 0. The molecule has 0 saturated heterocycles. The van der Waals surface area contributed by atoms with Crippen molar-refractivity contribution in [2.75, 3.05) is 0 Å².